The van der Waals surface area contributed by atoms with Crippen molar-refractivity contribution in [1.29, 1.82) is 0 Å². The minimum Gasteiger partial charge on any atom is -0.379 e. The van der Waals surface area contributed by atoms with Gasteiger partial charge in [-0.3, -0.25) is 0 Å². The first-order valence-electron chi connectivity index (χ1n) is 5.89. The number of aromatic nitrogens is 1. The van der Waals surface area contributed by atoms with Gasteiger partial charge in [-0.15, -0.1) is 0 Å². The van der Waals surface area contributed by atoms with Crippen molar-refractivity contribution in [3.8, 4) is 0 Å². The number of nitrogens with one attached hydrogen (secondary N) is 1. The maximum absolute atomic E-state index is 12.6. The van der Waals surface area contributed by atoms with Gasteiger partial charge < -0.3 is 14.8 Å². The minimum absolute atomic E-state index is 0.263. The van der Waals surface area contributed by atoms with Crippen molar-refractivity contribution < 1.29 is 13.9 Å². The van der Waals surface area contributed by atoms with Gasteiger partial charge in [0, 0.05) is 19.8 Å². The van der Waals surface area contributed by atoms with Crippen LogP contribution in [-0.4, -0.2) is 37.5 Å². The van der Waals surface area contributed by atoms with Crippen molar-refractivity contribution in [3.63, 3.8) is 0 Å². The Kier molecular flexibility index (Phi) is 4.70. The van der Waals surface area contributed by atoms with Gasteiger partial charge in [-0.2, -0.15) is 0 Å². The molecule has 1 aromatic rings. The average Bonchev–Trinajstić information content (AvgIpc) is 2.84. The molecule has 1 unspecified atom stereocenters. The fourth-order valence-electron chi connectivity index (χ4n) is 1.66. The van der Waals surface area contributed by atoms with Gasteiger partial charge in [0.15, 0.2) is 0 Å². The highest BCUT2D eigenvalue weighted by Crippen LogP contribution is 2.08. The molecular weight excluding hydrogens is 223 g/mol. The van der Waals surface area contributed by atoms with Gasteiger partial charge in [0.1, 0.15) is 11.6 Å². The molecule has 1 aromatic heterocycles. The largest absolute Gasteiger partial charge is 0.379 e. The second-order valence-electron chi connectivity index (χ2n) is 4.00. The number of nitrogens with zero attached hydrogens (tertiary/aromatic N) is 1. The Morgan fingerprint density at radius 2 is 2.47 bits per heavy atom. The monoisotopic (exact) mass is 240 g/mol. The summed E-state index contributed by atoms with van der Waals surface area (Å²) in [7, 11) is 0. The molecular formula is C12H17FN2O2. The molecule has 0 bridgehead atoms. The van der Waals surface area contributed by atoms with Crippen molar-refractivity contribution >= 4 is 5.82 Å². The summed E-state index contributed by atoms with van der Waals surface area (Å²) in [5.74, 6) is 0.371. The molecule has 1 N–H and O–H groups in total. The zero-order valence-electron chi connectivity index (χ0n) is 9.69. The number of hydrogen-bond donors (Lipinski definition) is 1. The second-order valence-corrected chi connectivity index (χ2v) is 4.00. The van der Waals surface area contributed by atoms with Crippen LogP contribution in [0.2, 0.25) is 0 Å². The van der Waals surface area contributed by atoms with E-state index in [1.165, 1.54) is 12.3 Å². The van der Waals surface area contributed by atoms with Crippen LogP contribution >= 0.6 is 0 Å². The standard InChI is InChI=1S/C12H17FN2O2/c13-10-2-3-12(15-8-10)14-5-1-6-17-11-4-7-16-9-11/h2-3,8,11H,1,4-7,9H2,(H,14,15). The summed E-state index contributed by atoms with van der Waals surface area (Å²) in [5, 5.41) is 3.11. The average molecular weight is 240 g/mol. The highest BCUT2D eigenvalue weighted by molar-refractivity contribution is 5.33. The summed E-state index contributed by atoms with van der Waals surface area (Å²) >= 11 is 0. The second kappa shape index (κ2) is 6.51. The van der Waals surface area contributed by atoms with Crippen LogP contribution in [-0.2, 0) is 9.47 Å². The maximum Gasteiger partial charge on any atom is 0.141 e. The molecule has 4 nitrogen and oxygen atoms in total. The van der Waals surface area contributed by atoms with E-state index in [-0.39, 0.29) is 11.9 Å². The molecule has 1 saturated heterocycles. The lowest BCUT2D eigenvalue weighted by Crippen LogP contribution is -2.15. The molecule has 2 rings (SSSR count). The van der Waals surface area contributed by atoms with E-state index < -0.39 is 0 Å². The summed E-state index contributed by atoms with van der Waals surface area (Å²) in [6, 6.07) is 3.02. The van der Waals surface area contributed by atoms with Crippen LogP contribution in [0.4, 0.5) is 10.2 Å². The van der Waals surface area contributed by atoms with Crippen LogP contribution < -0.4 is 5.32 Å². The Morgan fingerprint density at radius 1 is 1.53 bits per heavy atom. The molecule has 1 fully saturated rings. The first-order valence-corrected chi connectivity index (χ1v) is 5.89. The van der Waals surface area contributed by atoms with Crippen molar-refractivity contribution in [2.24, 2.45) is 0 Å². The number of ether oxygens (including phenoxy) is 2. The quantitative estimate of drug-likeness (QED) is 0.770. The molecule has 0 amide bonds. The molecule has 1 aliphatic heterocycles. The molecule has 1 aliphatic rings. The molecule has 17 heavy (non-hydrogen) atoms. The molecule has 0 aliphatic carbocycles. The number of rotatable bonds is 6. The van der Waals surface area contributed by atoms with Gasteiger partial charge in [-0.05, 0) is 25.0 Å². The summed E-state index contributed by atoms with van der Waals surface area (Å²) < 4.78 is 23.4. The van der Waals surface area contributed by atoms with Crippen molar-refractivity contribution in [3.05, 3.63) is 24.1 Å². The van der Waals surface area contributed by atoms with Crippen LogP contribution in [0.3, 0.4) is 0 Å². The third-order valence-electron chi connectivity index (χ3n) is 2.60. The molecule has 0 spiro atoms. The first-order chi connectivity index (χ1) is 8.34. The van der Waals surface area contributed by atoms with Gasteiger partial charge in [-0.25, -0.2) is 9.37 Å². The highest BCUT2D eigenvalue weighted by Gasteiger charge is 2.15. The fraction of sp³-hybridized carbons (Fsp3) is 0.583. The van der Waals surface area contributed by atoms with Crippen molar-refractivity contribution in [2.75, 3.05) is 31.7 Å². The van der Waals surface area contributed by atoms with E-state index in [9.17, 15) is 4.39 Å². The van der Waals surface area contributed by atoms with E-state index in [0.717, 1.165) is 26.0 Å². The maximum atomic E-state index is 12.6. The number of pyridine rings is 1. The Bertz CT molecular complexity index is 326. The predicted octanol–water partition coefficient (Wildman–Crippen LogP) is 1.83. The van der Waals surface area contributed by atoms with Crippen molar-refractivity contribution in [1.82, 2.24) is 4.98 Å². The predicted molar refractivity (Wildman–Crippen MR) is 62.5 cm³/mol. The summed E-state index contributed by atoms with van der Waals surface area (Å²) in [4.78, 5) is 3.91. The zero-order chi connectivity index (χ0) is 11.9. The molecule has 1 atom stereocenters. The number of anilines is 1. The Morgan fingerprint density at radius 3 is 3.18 bits per heavy atom. The normalized spacial score (nSPS) is 19.5. The van der Waals surface area contributed by atoms with E-state index in [1.54, 1.807) is 6.07 Å². The third kappa shape index (κ3) is 4.28. The summed E-state index contributed by atoms with van der Waals surface area (Å²) in [6.45, 7) is 3.00. The zero-order valence-corrected chi connectivity index (χ0v) is 9.69. The van der Waals surface area contributed by atoms with Gasteiger partial charge >= 0.3 is 0 Å². The van der Waals surface area contributed by atoms with E-state index in [1.807, 2.05) is 0 Å². The topological polar surface area (TPSA) is 43.4 Å². The highest BCUT2D eigenvalue weighted by atomic mass is 19.1. The van der Waals surface area contributed by atoms with Crippen LogP contribution in [0.25, 0.3) is 0 Å². The van der Waals surface area contributed by atoms with E-state index in [0.29, 0.717) is 19.0 Å². The lowest BCUT2D eigenvalue weighted by atomic mass is 10.3. The number of hydrogen-bond acceptors (Lipinski definition) is 4. The van der Waals surface area contributed by atoms with Crippen LogP contribution in [0, 0.1) is 5.82 Å². The molecule has 5 heteroatoms. The van der Waals surface area contributed by atoms with Gasteiger partial charge in [-0.1, -0.05) is 0 Å². The van der Waals surface area contributed by atoms with Gasteiger partial charge in [0.05, 0.1) is 18.9 Å². The van der Waals surface area contributed by atoms with E-state index >= 15 is 0 Å². The Labute approximate surface area is 100 Å². The fourth-order valence-corrected chi connectivity index (χ4v) is 1.66. The molecule has 94 valence electrons. The van der Waals surface area contributed by atoms with Gasteiger partial charge in [0.2, 0.25) is 0 Å². The smallest absolute Gasteiger partial charge is 0.141 e. The summed E-state index contributed by atoms with van der Waals surface area (Å²) in [6.07, 6.45) is 3.36. The lowest BCUT2D eigenvalue weighted by molar-refractivity contribution is 0.0427. The molecule has 0 radical (unpaired) electrons. The molecule has 2 heterocycles. The Hall–Kier alpha value is -1.20. The molecule has 0 saturated carbocycles. The minimum atomic E-state index is -0.319. The SMILES string of the molecule is Fc1ccc(NCCCOC2CCOC2)nc1. The number of halogens is 1. The van der Waals surface area contributed by atoms with E-state index in [2.05, 4.69) is 10.3 Å². The van der Waals surface area contributed by atoms with Crippen LogP contribution in [0.1, 0.15) is 12.8 Å². The van der Waals surface area contributed by atoms with Crippen LogP contribution in [0.15, 0.2) is 18.3 Å². The summed E-state index contributed by atoms with van der Waals surface area (Å²) in [5.41, 5.74) is 0. The third-order valence-corrected chi connectivity index (χ3v) is 2.60. The molecule has 0 aromatic carbocycles. The first kappa shape index (κ1) is 12.3. The Balaban J connectivity index is 1.55. The van der Waals surface area contributed by atoms with E-state index in [4.69, 9.17) is 9.47 Å². The van der Waals surface area contributed by atoms with Crippen molar-refractivity contribution in [2.45, 2.75) is 18.9 Å². The van der Waals surface area contributed by atoms with Crippen LogP contribution in [0.5, 0.6) is 0 Å². The lowest BCUT2D eigenvalue weighted by Gasteiger charge is -2.10. The van der Waals surface area contributed by atoms with Gasteiger partial charge in [0.25, 0.3) is 0 Å².